The van der Waals surface area contributed by atoms with Gasteiger partial charge < -0.3 is 4.98 Å². The molecule has 6 nitrogen and oxygen atoms in total. The zero-order valence-electron chi connectivity index (χ0n) is 13.7. The number of hydrogen-bond acceptors (Lipinski definition) is 3. The molecule has 0 amide bonds. The van der Waals surface area contributed by atoms with Gasteiger partial charge >= 0.3 is 11.9 Å². The second kappa shape index (κ2) is 6.08. The Labute approximate surface area is 152 Å². The van der Waals surface area contributed by atoms with Gasteiger partial charge in [0.05, 0.1) is 10.5 Å². The molecule has 3 rings (SSSR count). The quantitative estimate of drug-likeness (QED) is 0.528. The zero-order valence-corrected chi connectivity index (χ0v) is 14.5. The average Bonchev–Trinajstić information content (AvgIpc) is 2.89. The fourth-order valence-electron chi connectivity index (χ4n) is 2.91. The number of nitrogens with zero attached hydrogens (tertiary/aromatic N) is 2. The summed E-state index contributed by atoms with van der Waals surface area (Å²) in [7, 11) is 0.808. The van der Waals surface area contributed by atoms with E-state index in [1.165, 1.54) is 6.92 Å². The SMILES string of the molecule is Cc1[nH]c2c(-n3c(=O)cc(C(F)(F)F)n(C)c3=O)c(F)cc(Cl)c2c1C=O. The fourth-order valence-corrected chi connectivity index (χ4v) is 3.20. The van der Waals surface area contributed by atoms with Gasteiger partial charge in [-0.25, -0.2) is 13.8 Å². The van der Waals surface area contributed by atoms with Gasteiger partial charge in [0.15, 0.2) is 12.1 Å². The number of aldehydes is 1. The molecule has 1 aromatic carbocycles. The normalized spacial score (nSPS) is 12.0. The number of fused-ring (bicyclic) bond motifs is 1. The van der Waals surface area contributed by atoms with Gasteiger partial charge in [-0.2, -0.15) is 13.2 Å². The van der Waals surface area contributed by atoms with Crippen LogP contribution in [0.5, 0.6) is 0 Å². The van der Waals surface area contributed by atoms with E-state index < -0.39 is 34.6 Å². The highest BCUT2D eigenvalue weighted by molar-refractivity contribution is 6.37. The van der Waals surface area contributed by atoms with Crippen molar-refractivity contribution in [3.63, 3.8) is 0 Å². The lowest BCUT2D eigenvalue weighted by molar-refractivity contribution is -0.144. The van der Waals surface area contributed by atoms with E-state index in [0.29, 0.717) is 6.29 Å². The smallest absolute Gasteiger partial charge is 0.356 e. The summed E-state index contributed by atoms with van der Waals surface area (Å²) in [6, 6.07) is 0.973. The molecule has 142 valence electrons. The number of aromatic nitrogens is 3. The summed E-state index contributed by atoms with van der Waals surface area (Å²) >= 11 is 5.98. The van der Waals surface area contributed by atoms with Crippen LogP contribution in [0, 0.1) is 12.7 Å². The van der Waals surface area contributed by atoms with Gasteiger partial charge in [0, 0.05) is 29.8 Å². The third-order valence-corrected chi connectivity index (χ3v) is 4.44. The molecular formula is C16H10ClF4N3O3. The standard InChI is InChI=1S/C16H10ClF4N3O3/c1-6-7(5-25)12-8(17)3-9(18)14(13(12)22-6)24-11(26)4-10(16(19,20)21)23(2)15(24)27/h3-5,22H,1-2H3. The van der Waals surface area contributed by atoms with Gasteiger partial charge in [-0.05, 0) is 13.0 Å². The maximum absolute atomic E-state index is 14.6. The van der Waals surface area contributed by atoms with Crippen molar-refractivity contribution in [1.29, 1.82) is 0 Å². The molecule has 0 aliphatic carbocycles. The van der Waals surface area contributed by atoms with E-state index in [1.807, 2.05) is 0 Å². The largest absolute Gasteiger partial charge is 0.431 e. The maximum atomic E-state index is 14.6. The molecule has 0 unspecified atom stereocenters. The fraction of sp³-hybridized carbons (Fsp3) is 0.188. The van der Waals surface area contributed by atoms with Crippen LogP contribution in [0.1, 0.15) is 21.7 Å². The van der Waals surface area contributed by atoms with Crippen molar-refractivity contribution < 1.29 is 22.4 Å². The summed E-state index contributed by atoms with van der Waals surface area (Å²) in [5, 5.41) is -0.107. The number of hydrogen-bond donors (Lipinski definition) is 1. The molecule has 0 aliphatic heterocycles. The number of nitrogens with one attached hydrogen (secondary N) is 1. The van der Waals surface area contributed by atoms with Crippen LogP contribution in [0.25, 0.3) is 16.6 Å². The number of carbonyl (C=O) groups excluding carboxylic acids is 1. The van der Waals surface area contributed by atoms with E-state index in [0.717, 1.165) is 13.1 Å². The minimum absolute atomic E-state index is 0.0504. The topological polar surface area (TPSA) is 76.9 Å². The Balaban J connectivity index is 2.52. The van der Waals surface area contributed by atoms with Crippen molar-refractivity contribution >= 4 is 28.8 Å². The second-order valence-corrected chi connectivity index (χ2v) is 6.17. The van der Waals surface area contributed by atoms with Crippen LogP contribution >= 0.6 is 11.6 Å². The number of aromatic amines is 1. The number of carbonyl (C=O) groups is 1. The van der Waals surface area contributed by atoms with Crippen molar-refractivity contribution in [3.05, 3.63) is 60.8 Å². The Hall–Kier alpha value is -2.88. The van der Waals surface area contributed by atoms with Crippen LogP contribution in [0.15, 0.2) is 21.7 Å². The van der Waals surface area contributed by atoms with Crippen molar-refractivity contribution in [2.24, 2.45) is 7.05 Å². The summed E-state index contributed by atoms with van der Waals surface area (Å²) < 4.78 is 54.0. The molecular weight excluding hydrogens is 394 g/mol. The highest BCUT2D eigenvalue weighted by atomic mass is 35.5. The molecule has 27 heavy (non-hydrogen) atoms. The monoisotopic (exact) mass is 403 g/mol. The number of rotatable bonds is 2. The number of benzene rings is 1. The predicted octanol–water partition coefficient (Wildman–Crippen LogP) is 2.95. The first kappa shape index (κ1) is 18.9. The number of aryl methyl sites for hydroxylation is 1. The Morgan fingerprint density at radius 1 is 1.22 bits per heavy atom. The molecule has 3 aromatic rings. The third-order valence-electron chi connectivity index (χ3n) is 4.14. The Bertz CT molecular complexity index is 1220. The molecule has 0 radical (unpaired) electrons. The number of H-pyrrole nitrogens is 1. The molecule has 2 heterocycles. The third kappa shape index (κ3) is 2.76. The first-order valence-corrected chi connectivity index (χ1v) is 7.73. The number of alkyl halides is 3. The predicted molar refractivity (Wildman–Crippen MR) is 89.2 cm³/mol. The van der Waals surface area contributed by atoms with Crippen molar-refractivity contribution in [3.8, 4) is 5.69 Å². The summed E-state index contributed by atoms with van der Waals surface area (Å²) in [6.45, 7) is 1.48. The van der Waals surface area contributed by atoms with E-state index in [2.05, 4.69) is 4.98 Å². The van der Waals surface area contributed by atoms with Gasteiger partial charge in [-0.3, -0.25) is 14.2 Å². The molecule has 0 fully saturated rings. The highest BCUT2D eigenvalue weighted by Gasteiger charge is 2.35. The summed E-state index contributed by atoms with van der Waals surface area (Å²) in [4.78, 5) is 38.7. The molecule has 0 spiro atoms. The van der Waals surface area contributed by atoms with Gasteiger partial charge in [-0.1, -0.05) is 11.6 Å². The lowest BCUT2D eigenvalue weighted by atomic mass is 10.1. The zero-order chi connectivity index (χ0) is 20.3. The molecule has 0 bridgehead atoms. The van der Waals surface area contributed by atoms with Crippen LogP contribution in [-0.4, -0.2) is 20.4 Å². The summed E-state index contributed by atoms with van der Waals surface area (Å²) in [6.07, 6.45) is -4.50. The van der Waals surface area contributed by atoms with Crippen LogP contribution in [-0.2, 0) is 13.2 Å². The van der Waals surface area contributed by atoms with Crippen molar-refractivity contribution in [2.75, 3.05) is 0 Å². The minimum atomic E-state index is -4.95. The minimum Gasteiger partial charge on any atom is -0.356 e. The Morgan fingerprint density at radius 3 is 2.41 bits per heavy atom. The lowest BCUT2D eigenvalue weighted by Crippen LogP contribution is -2.41. The van der Waals surface area contributed by atoms with Gasteiger partial charge in [0.25, 0.3) is 5.56 Å². The molecule has 1 N–H and O–H groups in total. The molecule has 0 saturated carbocycles. The molecule has 0 aliphatic rings. The number of halogens is 5. The maximum Gasteiger partial charge on any atom is 0.431 e. The van der Waals surface area contributed by atoms with Gasteiger partial charge in [-0.15, -0.1) is 0 Å². The van der Waals surface area contributed by atoms with E-state index >= 15 is 0 Å². The molecule has 0 atom stereocenters. The lowest BCUT2D eigenvalue weighted by Gasteiger charge is -2.15. The van der Waals surface area contributed by atoms with Crippen molar-refractivity contribution in [2.45, 2.75) is 13.1 Å². The Kier molecular flexibility index (Phi) is 4.26. The van der Waals surface area contributed by atoms with Gasteiger partial charge in [0.2, 0.25) is 0 Å². The first-order valence-electron chi connectivity index (χ1n) is 7.35. The van der Waals surface area contributed by atoms with Crippen LogP contribution in [0.2, 0.25) is 5.02 Å². The molecule has 11 heteroatoms. The summed E-state index contributed by atoms with van der Waals surface area (Å²) in [5.41, 5.74) is -4.68. The van der Waals surface area contributed by atoms with Crippen LogP contribution in [0.3, 0.4) is 0 Å². The van der Waals surface area contributed by atoms with E-state index in [1.54, 1.807) is 0 Å². The molecule has 2 aromatic heterocycles. The summed E-state index contributed by atoms with van der Waals surface area (Å²) in [5.74, 6) is -1.12. The van der Waals surface area contributed by atoms with Crippen LogP contribution in [0.4, 0.5) is 17.6 Å². The molecule has 0 saturated heterocycles. The average molecular weight is 404 g/mol. The van der Waals surface area contributed by atoms with Crippen molar-refractivity contribution in [1.82, 2.24) is 14.1 Å². The second-order valence-electron chi connectivity index (χ2n) is 5.76. The van der Waals surface area contributed by atoms with Crippen LogP contribution < -0.4 is 11.2 Å². The van der Waals surface area contributed by atoms with E-state index in [9.17, 15) is 31.9 Å². The van der Waals surface area contributed by atoms with Gasteiger partial charge in [0.1, 0.15) is 11.4 Å². The Morgan fingerprint density at radius 2 is 1.85 bits per heavy atom. The van der Waals surface area contributed by atoms with E-state index in [-0.39, 0.29) is 42.4 Å². The highest BCUT2D eigenvalue weighted by Crippen LogP contribution is 2.34. The van der Waals surface area contributed by atoms with E-state index in [4.69, 9.17) is 11.6 Å². The first-order chi connectivity index (χ1) is 12.5.